The van der Waals surface area contributed by atoms with E-state index in [2.05, 4.69) is 28.3 Å². The maximum absolute atomic E-state index is 13.3. The molecule has 136 valence electrons. The Bertz CT molecular complexity index is 692. The van der Waals surface area contributed by atoms with E-state index in [1.54, 1.807) is 6.07 Å². The highest BCUT2D eigenvalue weighted by Crippen LogP contribution is 2.20. The van der Waals surface area contributed by atoms with Crippen LogP contribution in [0.15, 0.2) is 30.5 Å². The molecule has 1 saturated heterocycles. The molecule has 1 aliphatic heterocycles. The van der Waals surface area contributed by atoms with Gasteiger partial charge in [-0.05, 0) is 56.1 Å². The molecular weight excluding hydrogens is 322 g/mol. The summed E-state index contributed by atoms with van der Waals surface area (Å²) in [5, 5.41) is 8.24. The highest BCUT2D eigenvalue weighted by molar-refractivity contribution is 5.17. The molecule has 0 aliphatic carbocycles. The summed E-state index contributed by atoms with van der Waals surface area (Å²) in [6.07, 6.45) is 5.08. The molecule has 3 rings (SSSR count). The van der Waals surface area contributed by atoms with Crippen LogP contribution in [0.5, 0.6) is 0 Å². The summed E-state index contributed by atoms with van der Waals surface area (Å²) in [5.41, 5.74) is 1.92. The Labute approximate surface area is 147 Å². The van der Waals surface area contributed by atoms with Gasteiger partial charge in [0, 0.05) is 25.8 Å². The summed E-state index contributed by atoms with van der Waals surface area (Å²) >= 11 is 0. The number of rotatable bonds is 6. The van der Waals surface area contributed by atoms with Crippen LogP contribution in [-0.2, 0) is 13.6 Å². The largest absolute Gasteiger partial charge is 0.306 e. The number of benzene rings is 1. The molecule has 1 unspecified atom stereocenters. The van der Waals surface area contributed by atoms with Crippen molar-refractivity contribution in [1.29, 1.82) is 0 Å². The average molecular weight is 348 g/mol. The second-order valence-electron chi connectivity index (χ2n) is 6.84. The summed E-state index contributed by atoms with van der Waals surface area (Å²) < 4.78 is 28.2. The normalized spacial score (nSPS) is 17.8. The van der Waals surface area contributed by atoms with Gasteiger partial charge in [0.15, 0.2) is 11.6 Å². The number of aryl methyl sites for hydroxylation is 1. The van der Waals surface area contributed by atoms with Crippen molar-refractivity contribution in [3.8, 4) is 0 Å². The van der Waals surface area contributed by atoms with Crippen molar-refractivity contribution in [2.24, 2.45) is 7.05 Å². The van der Waals surface area contributed by atoms with Gasteiger partial charge in [0.1, 0.15) is 0 Å². The molecular formula is C19H26F2N4. The van der Waals surface area contributed by atoms with E-state index < -0.39 is 11.6 Å². The van der Waals surface area contributed by atoms with Crippen LogP contribution in [0.25, 0.3) is 0 Å². The van der Waals surface area contributed by atoms with Gasteiger partial charge >= 0.3 is 0 Å². The number of piperidine rings is 1. The standard InChI is InChI=1S/C19H26F2N4/c1-3-18(19-8-9-24(2)23-19)22-15-6-10-25(11-7-15)13-14-4-5-16(20)17(21)12-14/h4-5,8-9,12,15,18,22H,3,6-7,10-11,13H2,1-2H3. The maximum atomic E-state index is 13.3. The number of nitrogens with zero attached hydrogens (tertiary/aromatic N) is 3. The van der Waals surface area contributed by atoms with Gasteiger partial charge in [-0.3, -0.25) is 9.58 Å². The summed E-state index contributed by atoms with van der Waals surface area (Å²) in [6, 6.07) is 6.99. The van der Waals surface area contributed by atoms with E-state index in [0.29, 0.717) is 12.6 Å². The Balaban J connectivity index is 1.50. The van der Waals surface area contributed by atoms with Crippen molar-refractivity contribution >= 4 is 0 Å². The zero-order valence-electron chi connectivity index (χ0n) is 14.9. The highest BCUT2D eigenvalue weighted by atomic mass is 19.2. The summed E-state index contributed by atoms with van der Waals surface area (Å²) in [4.78, 5) is 2.30. The minimum atomic E-state index is -0.785. The van der Waals surface area contributed by atoms with E-state index in [4.69, 9.17) is 0 Å². The van der Waals surface area contributed by atoms with Crippen LogP contribution in [0.1, 0.15) is 43.5 Å². The lowest BCUT2D eigenvalue weighted by atomic mass is 10.0. The van der Waals surface area contributed by atoms with Gasteiger partial charge in [-0.25, -0.2) is 8.78 Å². The van der Waals surface area contributed by atoms with Crippen LogP contribution in [0, 0.1) is 11.6 Å². The van der Waals surface area contributed by atoms with Gasteiger partial charge in [-0.1, -0.05) is 13.0 Å². The van der Waals surface area contributed by atoms with Crippen LogP contribution in [0.2, 0.25) is 0 Å². The molecule has 1 atom stereocenters. The molecule has 2 heterocycles. The first kappa shape index (κ1) is 18.0. The van der Waals surface area contributed by atoms with Crippen molar-refractivity contribution in [3.63, 3.8) is 0 Å². The van der Waals surface area contributed by atoms with Crippen molar-refractivity contribution < 1.29 is 8.78 Å². The third kappa shape index (κ3) is 4.64. The average Bonchev–Trinajstić information content (AvgIpc) is 3.04. The van der Waals surface area contributed by atoms with Crippen LogP contribution in [0.4, 0.5) is 8.78 Å². The van der Waals surface area contributed by atoms with Crippen molar-refractivity contribution in [1.82, 2.24) is 20.0 Å². The number of hydrogen-bond acceptors (Lipinski definition) is 3. The molecule has 1 aromatic carbocycles. The monoisotopic (exact) mass is 348 g/mol. The summed E-state index contributed by atoms with van der Waals surface area (Å²) in [6.45, 7) is 4.75. The Kier molecular flexibility index (Phi) is 5.81. The SMILES string of the molecule is CCC(NC1CCN(Cc2ccc(F)c(F)c2)CC1)c1ccn(C)n1. The Morgan fingerprint density at radius 1 is 1.20 bits per heavy atom. The number of halogens is 2. The molecule has 4 nitrogen and oxygen atoms in total. The van der Waals surface area contributed by atoms with Gasteiger partial charge < -0.3 is 5.32 Å². The lowest BCUT2D eigenvalue weighted by Gasteiger charge is -2.34. The summed E-state index contributed by atoms with van der Waals surface area (Å²) in [5.74, 6) is -1.55. The molecule has 0 amide bonds. The van der Waals surface area contributed by atoms with Crippen LogP contribution < -0.4 is 5.32 Å². The molecule has 25 heavy (non-hydrogen) atoms. The third-order valence-corrected chi connectivity index (χ3v) is 4.91. The molecule has 0 saturated carbocycles. The zero-order valence-corrected chi connectivity index (χ0v) is 14.9. The zero-order chi connectivity index (χ0) is 17.8. The lowest BCUT2D eigenvalue weighted by molar-refractivity contribution is 0.182. The minimum Gasteiger partial charge on any atom is -0.306 e. The van der Waals surface area contributed by atoms with Crippen LogP contribution >= 0.6 is 0 Å². The van der Waals surface area contributed by atoms with Crippen LogP contribution in [0.3, 0.4) is 0 Å². The fourth-order valence-electron chi connectivity index (χ4n) is 3.47. The first-order valence-electron chi connectivity index (χ1n) is 8.97. The van der Waals surface area contributed by atoms with Gasteiger partial charge in [-0.2, -0.15) is 5.10 Å². The fraction of sp³-hybridized carbons (Fsp3) is 0.526. The topological polar surface area (TPSA) is 33.1 Å². The Morgan fingerprint density at radius 3 is 2.56 bits per heavy atom. The molecule has 2 aromatic rings. The smallest absolute Gasteiger partial charge is 0.159 e. The van der Waals surface area contributed by atoms with E-state index >= 15 is 0 Å². The fourth-order valence-corrected chi connectivity index (χ4v) is 3.47. The molecule has 1 aliphatic rings. The molecule has 0 bridgehead atoms. The predicted molar refractivity (Wildman–Crippen MR) is 94.0 cm³/mol. The predicted octanol–water partition coefficient (Wildman–Crippen LogP) is 3.40. The van der Waals surface area contributed by atoms with Crippen LogP contribution in [-0.4, -0.2) is 33.8 Å². The first-order valence-corrected chi connectivity index (χ1v) is 8.97. The number of likely N-dealkylation sites (tertiary alicyclic amines) is 1. The number of nitrogens with one attached hydrogen (secondary N) is 1. The van der Waals surface area contributed by atoms with Gasteiger partial charge in [-0.15, -0.1) is 0 Å². The summed E-state index contributed by atoms with van der Waals surface area (Å²) in [7, 11) is 1.94. The van der Waals surface area contributed by atoms with E-state index in [0.717, 1.165) is 43.6 Å². The van der Waals surface area contributed by atoms with Crippen molar-refractivity contribution in [3.05, 3.63) is 53.4 Å². The van der Waals surface area contributed by atoms with E-state index in [1.165, 1.54) is 12.1 Å². The third-order valence-electron chi connectivity index (χ3n) is 4.91. The lowest BCUT2D eigenvalue weighted by Crippen LogP contribution is -2.43. The molecule has 1 N–H and O–H groups in total. The molecule has 0 spiro atoms. The maximum Gasteiger partial charge on any atom is 0.159 e. The minimum absolute atomic E-state index is 0.281. The van der Waals surface area contributed by atoms with Gasteiger partial charge in [0.25, 0.3) is 0 Å². The van der Waals surface area contributed by atoms with Gasteiger partial charge in [0.2, 0.25) is 0 Å². The Hall–Kier alpha value is -1.79. The Morgan fingerprint density at radius 2 is 1.96 bits per heavy atom. The highest BCUT2D eigenvalue weighted by Gasteiger charge is 2.23. The quantitative estimate of drug-likeness (QED) is 0.868. The molecule has 1 fully saturated rings. The van der Waals surface area contributed by atoms with E-state index in [-0.39, 0.29) is 6.04 Å². The molecule has 6 heteroatoms. The first-order chi connectivity index (χ1) is 12.0. The van der Waals surface area contributed by atoms with Gasteiger partial charge in [0.05, 0.1) is 11.7 Å². The number of aromatic nitrogens is 2. The molecule has 0 radical (unpaired) electrons. The second kappa shape index (κ2) is 8.06. The van der Waals surface area contributed by atoms with E-state index in [9.17, 15) is 8.78 Å². The van der Waals surface area contributed by atoms with Crippen molar-refractivity contribution in [2.75, 3.05) is 13.1 Å². The molecule has 1 aromatic heterocycles. The van der Waals surface area contributed by atoms with Crippen molar-refractivity contribution in [2.45, 2.75) is 44.8 Å². The van der Waals surface area contributed by atoms with E-state index in [1.807, 2.05) is 17.9 Å². The number of hydrogen-bond donors (Lipinski definition) is 1. The second-order valence-corrected chi connectivity index (χ2v) is 6.84.